The number of amides is 7. The first kappa shape index (κ1) is 43.0. The molecule has 7 amide bonds. The minimum absolute atomic E-state index is 0.0242. The van der Waals surface area contributed by atoms with E-state index in [-0.39, 0.29) is 37.4 Å². The van der Waals surface area contributed by atoms with Gasteiger partial charge in [-0.3, -0.25) is 28.8 Å². The zero-order chi connectivity index (χ0) is 39.8. The number of alkyl carbamates (subject to hydrolysis) is 2. The van der Waals surface area contributed by atoms with Crippen molar-refractivity contribution in [1.29, 1.82) is 0 Å². The van der Waals surface area contributed by atoms with Crippen molar-refractivity contribution in [2.24, 2.45) is 22.7 Å². The van der Waals surface area contributed by atoms with Crippen LogP contribution >= 0.6 is 0 Å². The van der Waals surface area contributed by atoms with E-state index < -0.39 is 88.5 Å². The van der Waals surface area contributed by atoms with Crippen LogP contribution in [-0.2, 0) is 38.2 Å². The Kier molecular flexibility index (Phi) is 14.6. The standard InChI is InChI=1S/C36H59N7O10/c1-10-12-22(25(44)30(47)38-20-15-16-20)39-29(46)24-21-14-11-13-19(21)18-43(24)32(49)27(36(5,6)7)42-31(48)26(35(2,3)4)41-28(45)23(40-34(51)53-9)17-37-33(50)52-8/h19-24,26-27H,10-18H2,1-9H3,(H,37,50)(H,38,47)(H,39,46)(H,40,51)(H,41,45)(H,42,48)/t19-,21-,22-,23-,24?,26+,27+/m0/s1. The van der Waals surface area contributed by atoms with Crippen molar-refractivity contribution in [1.82, 2.24) is 36.8 Å². The predicted octanol–water partition coefficient (Wildman–Crippen LogP) is 0.889. The minimum Gasteiger partial charge on any atom is -0.453 e. The molecular weight excluding hydrogens is 690 g/mol. The number of ketones is 1. The second-order valence-corrected chi connectivity index (χ2v) is 16.4. The Labute approximate surface area is 311 Å². The van der Waals surface area contributed by atoms with Crippen LogP contribution in [0.3, 0.4) is 0 Å². The SMILES string of the molecule is CCC[C@H](NC(=O)C1[C@H]2CCC[C@H]2CN1C(=O)[C@@H](NC(=O)[C@@H](NC(=O)[C@H](CNC(=O)OC)NC(=O)OC)C(C)(C)C)C(C)(C)C)C(=O)C(=O)NC1CC1. The molecule has 3 aliphatic rings. The quantitative estimate of drug-likeness (QED) is 0.130. The van der Waals surface area contributed by atoms with Gasteiger partial charge in [0.2, 0.25) is 29.4 Å². The molecule has 7 atom stereocenters. The van der Waals surface area contributed by atoms with Gasteiger partial charge in [0, 0.05) is 12.6 Å². The van der Waals surface area contributed by atoms with Crippen LogP contribution in [0.5, 0.6) is 0 Å². The summed E-state index contributed by atoms with van der Waals surface area (Å²) in [6.07, 6.45) is 3.01. The lowest BCUT2D eigenvalue weighted by atomic mass is 9.82. The lowest BCUT2D eigenvalue weighted by Crippen LogP contribution is -2.64. The molecule has 17 heteroatoms. The molecule has 298 valence electrons. The second kappa shape index (κ2) is 18.1. The van der Waals surface area contributed by atoms with Gasteiger partial charge >= 0.3 is 12.2 Å². The molecule has 1 heterocycles. The number of carbonyl (C=O) groups excluding carboxylic acids is 8. The van der Waals surface area contributed by atoms with E-state index in [9.17, 15) is 38.4 Å². The number of hydrogen-bond acceptors (Lipinski definition) is 10. The molecule has 0 radical (unpaired) electrons. The molecule has 0 bridgehead atoms. The van der Waals surface area contributed by atoms with Gasteiger partial charge in [0.1, 0.15) is 24.2 Å². The highest BCUT2D eigenvalue weighted by Crippen LogP contribution is 2.43. The predicted molar refractivity (Wildman–Crippen MR) is 192 cm³/mol. The number of methoxy groups -OCH3 is 2. The Balaban J connectivity index is 1.86. The summed E-state index contributed by atoms with van der Waals surface area (Å²) in [4.78, 5) is 107. The van der Waals surface area contributed by atoms with Crippen molar-refractivity contribution in [3.63, 3.8) is 0 Å². The van der Waals surface area contributed by atoms with Gasteiger partial charge in [-0.1, -0.05) is 61.3 Å². The number of fused-ring (bicyclic) bond motifs is 1. The van der Waals surface area contributed by atoms with Gasteiger partial charge in [-0.2, -0.15) is 0 Å². The maximum absolute atomic E-state index is 14.6. The van der Waals surface area contributed by atoms with Gasteiger partial charge in [0.25, 0.3) is 5.91 Å². The maximum Gasteiger partial charge on any atom is 0.407 e. The molecule has 2 aliphatic carbocycles. The summed E-state index contributed by atoms with van der Waals surface area (Å²) in [6, 6.07) is -5.71. The molecule has 0 spiro atoms. The third kappa shape index (κ3) is 11.5. The van der Waals surface area contributed by atoms with Crippen LogP contribution in [0.1, 0.15) is 93.4 Å². The molecule has 6 N–H and O–H groups in total. The number of carbonyl (C=O) groups is 8. The summed E-state index contributed by atoms with van der Waals surface area (Å²) >= 11 is 0. The molecular formula is C36H59N7O10. The Hall–Kier alpha value is -4.44. The summed E-state index contributed by atoms with van der Waals surface area (Å²) in [6.45, 7) is 12.2. The fourth-order valence-electron chi connectivity index (χ4n) is 6.95. The van der Waals surface area contributed by atoms with Gasteiger partial charge in [-0.15, -0.1) is 0 Å². The highest BCUT2D eigenvalue weighted by atomic mass is 16.5. The molecule has 0 aromatic carbocycles. The number of ether oxygens (including phenoxy) is 2. The average molecular weight is 750 g/mol. The topological polar surface area (TPSA) is 230 Å². The lowest BCUT2D eigenvalue weighted by molar-refractivity contribution is -0.146. The van der Waals surface area contributed by atoms with E-state index in [1.807, 2.05) is 6.92 Å². The van der Waals surface area contributed by atoms with Crippen LogP contribution in [0.4, 0.5) is 9.59 Å². The molecule has 1 unspecified atom stereocenters. The van der Waals surface area contributed by atoms with Crippen molar-refractivity contribution < 1.29 is 47.8 Å². The van der Waals surface area contributed by atoms with Crippen LogP contribution in [0.25, 0.3) is 0 Å². The zero-order valence-corrected chi connectivity index (χ0v) is 32.5. The second-order valence-electron chi connectivity index (χ2n) is 16.4. The fourth-order valence-corrected chi connectivity index (χ4v) is 6.95. The molecule has 3 rings (SSSR count). The highest BCUT2D eigenvalue weighted by Gasteiger charge is 2.52. The molecule has 1 saturated heterocycles. The monoisotopic (exact) mass is 749 g/mol. The van der Waals surface area contributed by atoms with Crippen LogP contribution in [0, 0.1) is 22.7 Å². The normalized spacial score (nSPS) is 21.8. The summed E-state index contributed by atoms with van der Waals surface area (Å²) in [5.41, 5.74) is -1.77. The molecule has 53 heavy (non-hydrogen) atoms. The first-order valence-corrected chi connectivity index (χ1v) is 18.5. The van der Waals surface area contributed by atoms with Crippen molar-refractivity contribution >= 4 is 47.5 Å². The molecule has 0 aromatic rings. The van der Waals surface area contributed by atoms with Gasteiger partial charge in [0.15, 0.2) is 0 Å². The summed E-state index contributed by atoms with van der Waals surface area (Å²) < 4.78 is 9.17. The van der Waals surface area contributed by atoms with Gasteiger partial charge in [0.05, 0.1) is 26.8 Å². The third-order valence-electron chi connectivity index (χ3n) is 10.0. The molecule has 2 saturated carbocycles. The minimum atomic E-state index is -1.36. The van der Waals surface area contributed by atoms with Crippen molar-refractivity contribution in [3.05, 3.63) is 0 Å². The number of rotatable bonds is 15. The fraction of sp³-hybridized carbons (Fsp3) is 0.778. The smallest absolute Gasteiger partial charge is 0.407 e. The van der Waals surface area contributed by atoms with E-state index in [0.29, 0.717) is 12.8 Å². The van der Waals surface area contributed by atoms with Gasteiger partial charge in [-0.25, -0.2) is 9.59 Å². The summed E-state index contributed by atoms with van der Waals surface area (Å²) in [5, 5.41) is 15.7. The zero-order valence-electron chi connectivity index (χ0n) is 32.5. The molecule has 17 nitrogen and oxygen atoms in total. The van der Waals surface area contributed by atoms with Crippen LogP contribution in [0.2, 0.25) is 0 Å². The van der Waals surface area contributed by atoms with E-state index in [4.69, 9.17) is 0 Å². The van der Waals surface area contributed by atoms with Crippen LogP contribution in [-0.4, -0.2) is 116 Å². The third-order valence-corrected chi connectivity index (χ3v) is 10.0. The summed E-state index contributed by atoms with van der Waals surface area (Å²) in [5.74, 6) is -4.06. The Morgan fingerprint density at radius 1 is 0.736 bits per heavy atom. The van der Waals surface area contributed by atoms with E-state index in [1.165, 1.54) is 4.90 Å². The van der Waals surface area contributed by atoms with Crippen molar-refractivity contribution in [3.8, 4) is 0 Å². The summed E-state index contributed by atoms with van der Waals surface area (Å²) in [7, 11) is 2.24. The van der Waals surface area contributed by atoms with E-state index in [2.05, 4.69) is 41.4 Å². The largest absolute Gasteiger partial charge is 0.453 e. The number of likely N-dealkylation sites (tertiary alicyclic amines) is 1. The first-order valence-electron chi connectivity index (χ1n) is 18.5. The van der Waals surface area contributed by atoms with Crippen LogP contribution < -0.4 is 31.9 Å². The number of nitrogens with one attached hydrogen (secondary N) is 6. The van der Waals surface area contributed by atoms with E-state index in [1.54, 1.807) is 41.5 Å². The Morgan fingerprint density at radius 2 is 1.34 bits per heavy atom. The molecule has 0 aromatic heterocycles. The Bertz CT molecular complexity index is 1400. The highest BCUT2D eigenvalue weighted by molar-refractivity contribution is 6.38. The average Bonchev–Trinajstić information content (AvgIpc) is 3.65. The van der Waals surface area contributed by atoms with Crippen LogP contribution in [0.15, 0.2) is 0 Å². The van der Waals surface area contributed by atoms with Gasteiger partial charge in [-0.05, 0) is 54.8 Å². The van der Waals surface area contributed by atoms with Crippen molar-refractivity contribution in [2.45, 2.75) is 130 Å². The van der Waals surface area contributed by atoms with Crippen molar-refractivity contribution in [2.75, 3.05) is 27.3 Å². The van der Waals surface area contributed by atoms with E-state index in [0.717, 1.165) is 39.9 Å². The van der Waals surface area contributed by atoms with Gasteiger partial charge < -0.3 is 46.3 Å². The number of Topliss-reactive ketones (excluding diaryl/α,β-unsaturated/α-hetero) is 1. The Morgan fingerprint density at radius 3 is 1.89 bits per heavy atom. The van der Waals surface area contributed by atoms with E-state index >= 15 is 0 Å². The first-order chi connectivity index (χ1) is 24.7. The lowest BCUT2D eigenvalue weighted by Gasteiger charge is -2.39. The molecule has 3 fully saturated rings. The number of hydrogen-bond donors (Lipinski definition) is 6. The maximum atomic E-state index is 14.6. The number of nitrogens with zero attached hydrogens (tertiary/aromatic N) is 1. The molecule has 1 aliphatic heterocycles.